The predicted octanol–water partition coefficient (Wildman–Crippen LogP) is 14.4. The van der Waals surface area contributed by atoms with Crippen molar-refractivity contribution >= 4 is 55.1 Å². The van der Waals surface area contributed by atoms with Crippen molar-refractivity contribution in [1.82, 2.24) is 0 Å². The Hall–Kier alpha value is -5.08. The van der Waals surface area contributed by atoms with Crippen LogP contribution in [0.3, 0.4) is 0 Å². The molecule has 0 bridgehead atoms. The summed E-state index contributed by atoms with van der Waals surface area (Å²) in [6.45, 7) is 13.9. The number of benzene rings is 6. The van der Waals surface area contributed by atoms with Gasteiger partial charge in [0.1, 0.15) is 0 Å². The molecule has 0 heterocycles. The smallest absolute Gasteiger partial charge is 0.0540 e. The number of para-hydroxylation sites is 2. The highest BCUT2D eigenvalue weighted by Crippen LogP contribution is 2.50. The highest BCUT2D eigenvalue weighted by Gasteiger charge is 2.27. The lowest BCUT2D eigenvalue weighted by atomic mass is 9.83. The maximum absolute atomic E-state index is 2.55. The topological polar surface area (TPSA) is 6.48 Å². The van der Waals surface area contributed by atoms with Crippen molar-refractivity contribution < 1.29 is 0 Å². The molecule has 0 atom stereocenters. The molecule has 2 aliphatic rings. The molecule has 50 heavy (non-hydrogen) atoms. The standard InChI is InChI=1S/C48H48N2/c1-31(2)43-29-45(49(35-17-9-7-10-18-35)37-21-13-15-33(5)27-37)41-26-24-40-44(32(3)4)30-46(42-25-23-39(43)47(41)48(40)42)50(36-19-11-8-12-20-36)38-22-14-16-34(6)28-38/h7-12,15-20,23-32H,13-14,21-22H2,1-6H3. The van der Waals surface area contributed by atoms with E-state index in [0.717, 1.165) is 25.7 Å². The molecule has 0 unspecified atom stereocenters. The number of rotatable bonds is 8. The van der Waals surface area contributed by atoms with E-state index in [9.17, 15) is 0 Å². The average molecular weight is 653 g/mol. The zero-order valence-electron chi connectivity index (χ0n) is 30.4. The van der Waals surface area contributed by atoms with E-state index < -0.39 is 0 Å². The van der Waals surface area contributed by atoms with Crippen LogP contribution in [-0.4, -0.2) is 0 Å². The van der Waals surface area contributed by atoms with Gasteiger partial charge in [0.15, 0.2) is 0 Å². The summed E-state index contributed by atoms with van der Waals surface area (Å²) in [7, 11) is 0. The molecule has 2 aliphatic carbocycles. The molecule has 0 spiro atoms. The summed E-state index contributed by atoms with van der Waals surface area (Å²) in [5.41, 5.74) is 13.2. The van der Waals surface area contributed by atoms with Crippen LogP contribution in [0.4, 0.5) is 22.7 Å². The first-order valence-corrected chi connectivity index (χ1v) is 18.5. The van der Waals surface area contributed by atoms with Gasteiger partial charge in [0.25, 0.3) is 0 Å². The monoisotopic (exact) mass is 652 g/mol. The van der Waals surface area contributed by atoms with Crippen LogP contribution in [-0.2, 0) is 0 Å². The maximum atomic E-state index is 2.55. The normalized spacial score (nSPS) is 15.1. The predicted molar refractivity (Wildman–Crippen MR) is 218 cm³/mol. The van der Waals surface area contributed by atoms with Crippen LogP contribution in [0, 0.1) is 0 Å². The third-order valence-electron chi connectivity index (χ3n) is 10.8. The van der Waals surface area contributed by atoms with Gasteiger partial charge in [-0.2, -0.15) is 0 Å². The van der Waals surface area contributed by atoms with E-state index in [2.05, 4.69) is 173 Å². The highest BCUT2D eigenvalue weighted by atomic mass is 15.2. The Morgan fingerprint density at radius 2 is 0.860 bits per heavy atom. The summed E-state index contributed by atoms with van der Waals surface area (Å²) in [6, 6.07) is 36.7. The van der Waals surface area contributed by atoms with Crippen LogP contribution in [0.1, 0.15) is 90.2 Å². The van der Waals surface area contributed by atoms with Crippen LogP contribution in [0.15, 0.2) is 144 Å². The third-order valence-corrected chi connectivity index (χ3v) is 10.8. The van der Waals surface area contributed by atoms with Crippen molar-refractivity contribution in [2.24, 2.45) is 0 Å². The van der Waals surface area contributed by atoms with E-state index in [1.54, 1.807) is 0 Å². The first kappa shape index (κ1) is 32.1. The Morgan fingerprint density at radius 3 is 1.22 bits per heavy atom. The molecular weight excluding hydrogens is 605 g/mol. The van der Waals surface area contributed by atoms with Crippen molar-refractivity contribution in [1.29, 1.82) is 0 Å². The van der Waals surface area contributed by atoms with E-state index in [0.29, 0.717) is 11.8 Å². The zero-order chi connectivity index (χ0) is 34.5. The van der Waals surface area contributed by atoms with Crippen molar-refractivity contribution in [2.45, 2.75) is 79.1 Å². The van der Waals surface area contributed by atoms with Gasteiger partial charge in [-0.15, -0.1) is 0 Å². The second-order valence-electron chi connectivity index (χ2n) is 14.9. The lowest BCUT2D eigenvalue weighted by Gasteiger charge is -2.34. The van der Waals surface area contributed by atoms with E-state index in [-0.39, 0.29) is 0 Å². The molecule has 0 saturated heterocycles. The van der Waals surface area contributed by atoms with E-state index >= 15 is 0 Å². The number of allylic oxidation sites excluding steroid dienone is 8. The molecule has 0 aromatic heterocycles. The zero-order valence-corrected chi connectivity index (χ0v) is 30.4. The molecule has 0 aliphatic heterocycles. The molecule has 0 amide bonds. The Bertz CT molecular complexity index is 2170. The first-order chi connectivity index (χ1) is 24.3. The number of nitrogens with zero attached hydrogens (tertiary/aromatic N) is 2. The van der Waals surface area contributed by atoms with Gasteiger partial charge in [0.05, 0.1) is 11.4 Å². The van der Waals surface area contributed by atoms with Crippen LogP contribution in [0.25, 0.3) is 32.3 Å². The molecule has 0 fully saturated rings. The minimum atomic E-state index is 0.366. The van der Waals surface area contributed by atoms with Gasteiger partial charge < -0.3 is 9.80 Å². The molecule has 2 heteroatoms. The van der Waals surface area contributed by atoms with Crippen LogP contribution in [0.2, 0.25) is 0 Å². The van der Waals surface area contributed by atoms with E-state index in [1.165, 1.54) is 88.7 Å². The van der Waals surface area contributed by atoms with Gasteiger partial charge in [0, 0.05) is 33.5 Å². The second kappa shape index (κ2) is 13.0. The SMILES string of the molecule is CC1=CCCC(N(c2ccccc2)c2cc(C(C)C)c3ccc4c(N(C5=CC(C)=CCC5)c5ccccc5)cc(C(C)C)c5ccc2c3c54)=C1. The van der Waals surface area contributed by atoms with Crippen LogP contribution < -0.4 is 9.80 Å². The van der Waals surface area contributed by atoms with Crippen LogP contribution >= 0.6 is 0 Å². The van der Waals surface area contributed by atoms with Crippen LogP contribution in [0.5, 0.6) is 0 Å². The fraction of sp³-hybridized carbons (Fsp3) is 0.250. The Balaban J connectivity index is 1.50. The van der Waals surface area contributed by atoms with Gasteiger partial charge in [-0.1, -0.05) is 112 Å². The molecule has 0 radical (unpaired) electrons. The number of anilines is 4. The van der Waals surface area contributed by atoms with Crippen molar-refractivity contribution in [3.63, 3.8) is 0 Å². The summed E-state index contributed by atoms with van der Waals surface area (Å²) in [5.74, 6) is 0.731. The molecule has 6 aromatic carbocycles. The average Bonchev–Trinajstić information content (AvgIpc) is 3.12. The first-order valence-electron chi connectivity index (χ1n) is 18.5. The third kappa shape index (κ3) is 5.52. The summed E-state index contributed by atoms with van der Waals surface area (Å²) in [5, 5.41) is 8.13. The van der Waals surface area contributed by atoms with Gasteiger partial charge in [-0.05, 0) is 133 Å². The Kier molecular flexibility index (Phi) is 8.35. The van der Waals surface area contributed by atoms with Gasteiger partial charge in [-0.3, -0.25) is 0 Å². The summed E-state index contributed by atoms with van der Waals surface area (Å²) < 4.78 is 0. The van der Waals surface area contributed by atoms with Crippen molar-refractivity contribution in [3.05, 3.63) is 155 Å². The number of hydrogen-bond donors (Lipinski definition) is 0. The summed E-state index contributed by atoms with van der Waals surface area (Å²) in [6.07, 6.45) is 13.7. The molecule has 0 saturated carbocycles. The minimum absolute atomic E-state index is 0.366. The van der Waals surface area contributed by atoms with Crippen molar-refractivity contribution in [2.75, 3.05) is 9.80 Å². The Labute approximate surface area is 298 Å². The minimum Gasteiger partial charge on any atom is -0.314 e. The molecule has 8 rings (SSSR count). The van der Waals surface area contributed by atoms with E-state index in [1.807, 2.05) is 0 Å². The Morgan fingerprint density at radius 1 is 0.480 bits per heavy atom. The lowest BCUT2D eigenvalue weighted by Crippen LogP contribution is -2.19. The summed E-state index contributed by atoms with van der Waals surface area (Å²) >= 11 is 0. The second-order valence-corrected chi connectivity index (χ2v) is 14.9. The lowest BCUT2D eigenvalue weighted by molar-refractivity contribution is 0.871. The van der Waals surface area contributed by atoms with E-state index in [4.69, 9.17) is 0 Å². The van der Waals surface area contributed by atoms with Gasteiger partial charge >= 0.3 is 0 Å². The molecule has 250 valence electrons. The van der Waals surface area contributed by atoms with Crippen molar-refractivity contribution in [3.8, 4) is 0 Å². The summed E-state index contributed by atoms with van der Waals surface area (Å²) in [4.78, 5) is 5.10. The molecule has 6 aromatic rings. The quantitative estimate of drug-likeness (QED) is 0.151. The molecule has 0 N–H and O–H groups in total. The largest absolute Gasteiger partial charge is 0.314 e. The fourth-order valence-electron chi connectivity index (χ4n) is 8.44. The maximum Gasteiger partial charge on any atom is 0.0540 e. The van der Waals surface area contributed by atoms with Gasteiger partial charge in [-0.25, -0.2) is 0 Å². The molecule has 2 nitrogen and oxygen atoms in total. The molecular formula is C48H48N2. The highest BCUT2D eigenvalue weighted by molar-refractivity contribution is 6.29. The fourth-order valence-corrected chi connectivity index (χ4v) is 8.44. The number of hydrogen-bond acceptors (Lipinski definition) is 2. The van der Waals surface area contributed by atoms with Gasteiger partial charge in [0.2, 0.25) is 0 Å².